The van der Waals surface area contributed by atoms with E-state index in [1.807, 2.05) is 6.92 Å². The van der Waals surface area contributed by atoms with Gasteiger partial charge in [-0.1, -0.05) is 24.6 Å². The fourth-order valence-electron chi connectivity index (χ4n) is 2.72. The summed E-state index contributed by atoms with van der Waals surface area (Å²) in [6, 6.07) is 9.12. The fraction of sp³-hybridized carbons (Fsp3) is 0.263. The van der Waals surface area contributed by atoms with Gasteiger partial charge in [-0.05, 0) is 18.6 Å². The van der Waals surface area contributed by atoms with E-state index in [0.29, 0.717) is 41.7 Å². The van der Waals surface area contributed by atoms with Crippen LogP contribution < -0.4 is 22.8 Å². The van der Waals surface area contributed by atoms with E-state index in [9.17, 15) is 4.79 Å². The molecule has 30 heavy (non-hydrogen) atoms. The molecule has 154 valence electrons. The minimum absolute atomic E-state index is 0.0116. The SMILES string of the molecule is CCc1nc2cccc(Cl)c2c(=O)n1CCCC#N.N#Cc1c(N)nc(N)nc1N. The Labute approximate surface area is 177 Å². The van der Waals surface area contributed by atoms with Gasteiger partial charge in [0.2, 0.25) is 5.95 Å². The average Bonchev–Trinajstić information content (AvgIpc) is 2.69. The van der Waals surface area contributed by atoms with Crippen molar-refractivity contribution in [3.8, 4) is 12.1 Å². The molecule has 0 aliphatic carbocycles. The molecule has 3 aromatic rings. The van der Waals surface area contributed by atoms with E-state index in [4.69, 9.17) is 39.3 Å². The molecule has 3 rings (SSSR count). The molecular formula is C19H20ClN9O. The highest BCUT2D eigenvalue weighted by atomic mass is 35.5. The predicted octanol–water partition coefficient (Wildman–Crippen LogP) is 2.01. The molecule has 0 radical (unpaired) electrons. The van der Waals surface area contributed by atoms with Crippen LogP contribution in [0.2, 0.25) is 5.02 Å². The van der Waals surface area contributed by atoms with Crippen LogP contribution in [0.1, 0.15) is 31.2 Å². The Kier molecular flexibility index (Phi) is 7.50. The largest absolute Gasteiger partial charge is 0.382 e. The Morgan fingerprint density at radius 3 is 2.37 bits per heavy atom. The summed E-state index contributed by atoms with van der Waals surface area (Å²) >= 11 is 6.09. The lowest BCUT2D eigenvalue weighted by atomic mass is 10.2. The van der Waals surface area contributed by atoms with E-state index >= 15 is 0 Å². The summed E-state index contributed by atoms with van der Waals surface area (Å²) in [5, 5.41) is 17.9. The number of benzene rings is 1. The molecule has 0 saturated carbocycles. The van der Waals surface area contributed by atoms with Crippen molar-refractivity contribution in [1.82, 2.24) is 19.5 Å². The van der Waals surface area contributed by atoms with Gasteiger partial charge in [0.1, 0.15) is 29.1 Å². The number of nitriles is 2. The predicted molar refractivity (Wildman–Crippen MR) is 115 cm³/mol. The molecule has 2 aromatic heterocycles. The van der Waals surface area contributed by atoms with Crippen LogP contribution in [0, 0.1) is 22.7 Å². The van der Waals surface area contributed by atoms with Crippen molar-refractivity contribution in [1.29, 1.82) is 10.5 Å². The Bertz CT molecular complexity index is 1180. The average molecular weight is 426 g/mol. The second-order valence-corrected chi connectivity index (χ2v) is 6.48. The molecule has 0 amide bonds. The van der Waals surface area contributed by atoms with Crippen LogP contribution in [-0.4, -0.2) is 19.5 Å². The van der Waals surface area contributed by atoms with Gasteiger partial charge in [0.25, 0.3) is 5.56 Å². The topological polar surface area (TPSA) is 186 Å². The monoisotopic (exact) mass is 425 g/mol. The van der Waals surface area contributed by atoms with Crippen molar-refractivity contribution < 1.29 is 0 Å². The van der Waals surface area contributed by atoms with E-state index in [-0.39, 0.29) is 28.7 Å². The third kappa shape index (κ3) is 4.93. The van der Waals surface area contributed by atoms with Gasteiger partial charge in [0.15, 0.2) is 0 Å². The lowest BCUT2D eigenvalue weighted by Crippen LogP contribution is -2.25. The number of aromatic nitrogens is 4. The Morgan fingerprint density at radius 2 is 1.80 bits per heavy atom. The summed E-state index contributed by atoms with van der Waals surface area (Å²) < 4.78 is 1.63. The first-order chi connectivity index (χ1) is 14.3. The van der Waals surface area contributed by atoms with Crippen LogP contribution in [-0.2, 0) is 13.0 Å². The molecule has 1 aromatic carbocycles. The molecule has 11 heteroatoms. The molecule has 10 nitrogen and oxygen atoms in total. The number of nitrogens with zero attached hydrogens (tertiary/aromatic N) is 6. The molecule has 0 spiro atoms. The smallest absolute Gasteiger partial charge is 0.262 e. The van der Waals surface area contributed by atoms with Crippen molar-refractivity contribution >= 4 is 40.1 Å². The lowest BCUT2D eigenvalue weighted by Gasteiger charge is -2.12. The summed E-state index contributed by atoms with van der Waals surface area (Å²) in [4.78, 5) is 24.1. The number of aryl methyl sites for hydroxylation is 1. The lowest BCUT2D eigenvalue weighted by molar-refractivity contribution is 0.594. The number of fused-ring (bicyclic) bond motifs is 1. The summed E-state index contributed by atoms with van der Waals surface area (Å²) in [5.74, 6) is 0.728. The third-order valence-corrected chi connectivity index (χ3v) is 4.41. The van der Waals surface area contributed by atoms with Gasteiger partial charge in [-0.15, -0.1) is 0 Å². The van der Waals surface area contributed by atoms with Gasteiger partial charge < -0.3 is 17.2 Å². The molecule has 6 N–H and O–H groups in total. The van der Waals surface area contributed by atoms with E-state index in [2.05, 4.69) is 21.0 Å². The fourth-order valence-corrected chi connectivity index (χ4v) is 2.97. The van der Waals surface area contributed by atoms with Crippen LogP contribution in [0.25, 0.3) is 10.9 Å². The second-order valence-electron chi connectivity index (χ2n) is 6.07. The van der Waals surface area contributed by atoms with Gasteiger partial charge >= 0.3 is 0 Å². The molecule has 0 fully saturated rings. The number of halogens is 1. The zero-order chi connectivity index (χ0) is 22.3. The molecule has 2 heterocycles. The first-order valence-electron chi connectivity index (χ1n) is 8.97. The minimum Gasteiger partial charge on any atom is -0.382 e. The highest BCUT2D eigenvalue weighted by Crippen LogP contribution is 2.19. The summed E-state index contributed by atoms with van der Waals surface area (Å²) in [6.07, 6.45) is 1.74. The number of nitrogen functional groups attached to an aromatic ring is 3. The van der Waals surface area contributed by atoms with Crippen LogP contribution in [0.4, 0.5) is 17.6 Å². The van der Waals surface area contributed by atoms with E-state index < -0.39 is 0 Å². The highest BCUT2D eigenvalue weighted by molar-refractivity contribution is 6.35. The Morgan fingerprint density at radius 1 is 1.13 bits per heavy atom. The van der Waals surface area contributed by atoms with Crippen molar-refractivity contribution in [3.63, 3.8) is 0 Å². The number of nitrogens with two attached hydrogens (primary N) is 3. The van der Waals surface area contributed by atoms with E-state index in [0.717, 1.165) is 5.82 Å². The van der Waals surface area contributed by atoms with Crippen LogP contribution in [0.15, 0.2) is 23.0 Å². The van der Waals surface area contributed by atoms with Crippen LogP contribution >= 0.6 is 11.6 Å². The standard InChI is InChI=1S/C14H14ClN3O.C5H6N6/c1-2-12-17-11-7-5-6-10(15)13(11)14(19)18(12)9-4-3-8-16;6-1-2-3(7)10-5(9)11-4(2)8/h5-7H,2-4,9H2,1H3;(H6,7,8,9,10,11). The maximum atomic E-state index is 12.5. The highest BCUT2D eigenvalue weighted by Gasteiger charge is 2.12. The van der Waals surface area contributed by atoms with Gasteiger partial charge in [-0.2, -0.15) is 20.5 Å². The van der Waals surface area contributed by atoms with Crippen molar-refractivity contribution in [2.75, 3.05) is 17.2 Å². The quantitative estimate of drug-likeness (QED) is 0.525. The maximum Gasteiger partial charge on any atom is 0.262 e. The summed E-state index contributed by atoms with van der Waals surface area (Å²) in [6.45, 7) is 2.46. The van der Waals surface area contributed by atoms with Gasteiger partial charge in [0.05, 0.1) is 22.0 Å². The first kappa shape index (κ1) is 22.4. The molecule has 0 atom stereocenters. The second kappa shape index (κ2) is 10.0. The van der Waals surface area contributed by atoms with Crippen molar-refractivity contribution in [3.05, 3.63) is 45.0 Å². The van der Waals surface area contributed by atoms with Gasteiger partial charge in [-0.3, -0.25) is 9.36 Å². The number of rotatable bonds is 4. The van der Waals surface area contributed by atoms with E-state index in [1.54, 1.807) is 28.8 Å². The zero-order valence-electron chi connectivity index (χ0n) is 16.3. The van der Waals surface area contributed by atoms with E-state index in [1.165, 1.54) is 0 Å². The van der Waals surface area contributed by atoms with Crippen LogP contribution in [0.3, 0.4) is 0 Å². The maximum absolute atomic E-state index is 12.5. The van der Waals surface area contributed by atoms with Gasteiger partial charge in [0, 0.05) is 19.4 Å². The zero-order valence-corrected chi connectivity index (χ0v) is 17.0. The molecule has 0 bridgehead atoms. The summed E-state index contributed by atoms with van der Waals surface area (Å²) in [7, 11) is 0. The van der Waals surface area contributed by atoms with Crippen molar-refractivity contribution in [2.45, 2.75) is 32.7 Å². The van der Waals surface area contributed by atoms with Crippen molar-refractivity contribution in [2.24, 2.45) is 0 Å². The normalized spacial score (nSPS) is 10.0. The number of hydrogen-bond acceptors (Lipinski definition) is 9. The van der Waals surface area contributed by atoms with Crippen LogP contribution in [0.5, 0.6) is 0 Å². The number of hydrogen-bond donors (Lipinski definition) is 3. The molecule has 0 saturated heterocycles. The minimum atomic E-state index is -0.120. The molecule has 0 aliphatic rings. The Hall–Kier alpha value is -3.89. The first-order valence-corrected chi connectivity index (χ1v) is 9.35. The Balaban J connectivity index is 0.000000248. The van der Waals surface area contributed by atoms with Gasteiger partial charge in [-0.25, -0.2) is 4.98 Å². The number of unbranched alkanes of at least 4 members (excludes halogenated alkanes) is 1. The molecule has 0 aliphatic heterocycles. The molecular weight excluding hydrogens is 406 g/mol. The summed E-state index contributed by atoms with van der Waals surface area (Å²) in [5.41, 5.74) is 16.4. The number of anilines is 3. The molecule has 0 unspecified atom stereocenters. The third-order valence-electron chi connectivity index (χ3n) is 4.09.